The number of ether oxygens (including phenoxy) is 3. The zero-order chi connectivity index (χ0) is 59.2. The minimum atomic E-state index is -0.777. The lowest BCUT2D eigenvalue weighted by Gasteiger charge is -2.18. The minimum absolute atomic E-state index is 0.0716. The standard InChI is InChI=1S/C76H142O6/c1-4-7-10-13-16-19-22-25-28-31-33-34-35-36-37-38-39-40-41-43-45-48-51-54-57-60-63-66-69-75(78)81-72-73(71-80-74(77)68-65-62-59-56-53-50-47-44-30-27-24-21-18-15-12-9-6-3)82-76(79)70-67-64-61-58-55-52-49-46-42-32-29-26-23-20-17-14-11-8-5-2/h17,20,26,29,42,46,73H,4-16,18-19,21-25,27-28,30-41,43-45,47-72H2,1-3H3/b20-17-,29-26-,46-42-. The summed E-state index contributed by atoms with van der Waals surface area (Å²) in [6, 6.07) is 0. The normalized spacial score (nSPS) is 12.2. The fourth-order valence-corrected chi connectivity index (χ4v) is 11.3. The average molecular weight is 1150 g/mol. The van der Waals surface area contributed by atoms with Crippen LogP contribution >= 0.6 is 0 Å². The zero-order valence-electron chi connectivity index (χ0n) is 55.5. The minimum Gasteiger partial charge on any atom is -0.462 e. The van der Waals surface area contributed by atoms with Crippen molar-refractivity contribution in [1.29, 1.82) is 0 Å². The van der Waals surface area contributed by atoms with Crippen molar-refractivity contribution < 1.29 is 28.6 Å². The van der Waals surface area contributed by atoms with Crippen LogP contribution in [0.15, 0.2) is 36.5 Å². The molecule has 1 atom stereocenters. The Kier molecular flexibility index (Phi) is 69.1. The van der Waals surface area contributed by atoms with Gasteiger partial charge in [-0.3, -0.25) is 14.4 Å². The molecule has 0 radical (unpaired) electrons. The lowest BCUT2D eigenvalue weighted by molar-refractivity contribution is -0.167. The largest absolute Gasteiger partial charge is 0.462 e. The summed E-state index contributed by atoms with van der Waals surface area (Å²) < 4.78 is 17.0. The monoisotopic (exact) mass is 1150 g/mol. The Labute approximate surface area is 512 Å². The third-order valence-corrected chi connectivity index (χ3v) is 16.9. The van der Waals surface area contributed by atoms with E-state index in [9.17, 15) is 14.4 Å². The van der Waals surface area contributed by atoms with E-state index in [-0.39, 0.29) is 31.1 Å². The smallest absolute Gasteiger partial charge is 0.306 e. The second kappa shape index (κ2) is 71.1. The van der Waals surface area contributed by atoms with E-state index in [1.807, 2.05) is 0 Å². The Bertz CT molecular complexity index is 1370. The number of hydrogen-bond donors (Lipinski definition) is 0. The zero-order valence-corrected chi connectivity index (χ0v) is 55.5. The van der Waals surface area contributed by atoms with Gasteiger partial charge in [-0.25, -0.2) is 0 Å². The van der Waals surface area contributed by atoms with Crippen molar-refractivity contribution in [3.05, 3.63) is 36.5 Å². The number of carbonyl (C=O) groups excluding carboxylic acids is 3. The van der Waals surface area contributed by atoms with E-state index in [4.69, 9.17) is 14.2 Å². The van der Waals surface area contributed by atoms with Crippen molar-refractivity contribution in [1.82, 2.24) is 0 Å². The molecule has 82 heavy (non-hydrogen) atoms. The molecule has 0 aliphatic carbocycles. The quantitative estimate of drug-likeness (QED) is 0.0261. The van der Waals surface area contributed by atoms with E-state index in [0.29, 0.717) is 19.3 Å². The van der Waals surface area contributed by atoms with Crippen LogP contribution in [0.1, 0.15) is 412 Å². The molecule has 0 aromatic rings. The van der Waals surface area contributed by atoms with Crippen LogP contribution in [0.25, 0.3) is 0 Å². The van der Waals surface area contributed by atoms with Gasteiger partial charge in [-0.05, 0) is 57.8 Å². The van der Waals surface area contributed by atoms with Gasteiger partial charge in [0.15, 0.2) is 6.10 Å². The van der Waals surface area contributed by atoms with Crippen molar-refractivity contribution in [3.8, 4) is 0 Å². The molecule has 0 saturated carbocycles. The summed E-state index contributed by atoms with van der Waals surface area (Å²) in [5, 5.41) is 0. The van der Waals surface area contributed by atoms with Gasteiger partial charge in [0.05, 0.1) is 0 Å². The van der Waals surface area contributed by atoms with E-state index in [2.05, 4.69) is 57.2 Å². The highest BCUT2D eigenvalue weighted by molar-refractivity contribution is 5.71. The molecular formula is C76H142O6. The highest BCUT2D eigenvalue weighted by Gasteiger charge is 2.20. The number of rotatable bonds is 69. The molecular weight excluding hydrogens is 1010 g/mol. The summed E-state index contributed by atoms with van der Waals surface area (Å²) in [5.74, 6) is -0.851. The molecule has 0 amide bonds. The van der Waals surface area contributed by atoms with Crippen molar-refractivity contribution in [2.45, 2.75) is 419 Å². The first-order chi connectivity index (χ1) is 40.5. The van der Waals surface area contributed by atoms with E-state index >= 15 is 0 Å². The number of carbonyl (C=O) groups is 3. The molecule has 0 spiro atoms. The fraction of sp³-hybridized carbons (Fsp3) is 0.882. The third kappa shape index (κ3) is 68.4. The van der Waals surface area contributed by atoms with Crippen molar-refractivity contribution in [2.75, 3.05) is 13.2 Å². The molecule has 0 aliphatic heterocycles. The molecule has 482 valence electrons. The van der Waals surface area contributed by atoms with Crippen LogP contribution in [0.3, 0.4) is 0 Å². The first-order valence-electron chi connectivity index (χ1n) is 37.0. The van der Waals surface area contributed by atoms with Gasteiger partial charge >= 0.3 is 17.9 Å². The third-order valence-electron chi connectivity index (χ3n) is 16.9. The van der Waals surface area contributed by atoms with Crippen LogP contribution in [0.4, 0.5) is 0 Å². The molecule has 0 aromatic carbocycles. The summed E-state index contributed by atoms with van der Waals surface area (Å²) in [6.45, 7) is 6.69. The average Bonchev–Trinajstić information content (AvgIpc) is 3.47. The molecule has 0 aromatic heterocycles. The van der Waals surface area contributed by atoms with Crippen LogP contribution in [0.2, 0.25) is 0 Å². The van der Waals surface area contributed by atoms with E-state index in [0.717, 1.165) is 77.0 Å². The van der Waals surface area contributed by atoms with E-state index in [1.165, 1.54) is 295 Å². The van der Waals surface area contributed by atoms with Crippen molar-refractivity contribution in [3.63, 3.8) is 0 Å². The maximum absolute atomic E-state index is 13.0. The van der Waals surface area contributed by atoms with Gasteiger partial charge in [0.1, 0.15) is 13.2 Å². The molecule has 0 rings (SSSR count). The number of hydrogen-bond acceptors (Lipinski definition) is 6. The van der Waals surface area contributed by atoms with Crippen LogP contribution in [-0.4, -0.2) is 37.2 Å². The molecule has 6 heteroatoms. The lowest BCUT2D eigenvalue weighted by atomic mass is 10.0. The highest BCUT2D eigenvalue weighted by atomic mass is 16.6. The fourth-order valence-electron chi connectivity index (χ4n) is 11.3. The predicted octanol–water partition coefficient (Wildman–Crippen LogP) is 25.5. The second-order valence-corrected chi connectivity index (χ2v) is 25.2. The second-order valence-electron chi connectivity index (χ2n) is 25.2. The molecule has 0 aliphatic rings. The summed E-state index contributed by atoms with van der Waals surface area (Å²) in [7, 11) is 0. The highest BCUT2D eigenvalue weighted by Crippen LogP contribution is 2.19. The molecule has 0 heterocycles. The Morgan fingerprint density at radius 1 is 0.244 bits per heavy atom. The summed E-state index contributed by atoms with van der Waals surface area (Å²) in [4.78, 5) is 38.5. The topological polar surface area (TPSA) is 78.9 Å². The lowest BCUT2D eigenvalue weighted by Crippen LogP contribution is -2.30. The number of unbranched alkanes of at least 4 members (excludes halogenated alkanes) is 52. The molecule has 0 N–H and O–H groups in total. The summed E-state index contributed by atoms with van der Waals surface area (Å²) in [6.07, 6.45) is 89.0. The molecule has 0 fully saturated rings. The maximum Gasteiger partial charge on any atom is 0.306 e. The number of allylic oxidation sites excluding steroid dienone is 6. The van der Waals surface area contributed by atoms with E-state index < -0.39 is 6.10 Å². The first-order valence-corrected chi connectivity index (χ1v) is 37.0. The molecule has 6 nitrogen and oxygen atoms in total. The van der Waals surface area contributed by atoms with Crippen molar-refractivity contribution in [2.24, 2.45) is 0 Å². The SMILES string of the molecule is CCCCC/C=C\C/C=C\C/C=C\CCCCCCCCC(=O)OC(COC(=O)CCCCCCCCCCCCCCCCCCC)COC(=O)CCCCCCCCCCCCCCCCCCCCCCCCCCCCCC. The molecule has 1 unspecified atom stereocenters. The van der Waals surface area contributed by atoms with Crippen molar-refractivity contribution >= 4 is 17.9 Å². The summed E-state index contributed by atoms with van der Waals surface area (Å²) >= 11 is 0. The van der Waals surface area contributed by atoms with Crippen LogP contribution in [0, 0.1) is 0 Å². The summed E-state index contributed by atoms with van der Waals surface area (Å²) in [5.41, 5.74) is 0. The first kappa shape index (κ1) is 79.6. The van der Waals surface area contributed by atoms with Gasteiger partial charge < -0.3 is 14.2 Å². The predicted molar refractivity (Wildman–Crippen MR) is 358 cm³/mol. The van der Waals surface area contributed by atoms with Gasteiger partial charge in [0.2, 0.25) is 0 Å². The Morgan fingerprint density at radius 3 is 0.707 bits per heavy atom. The van der Waals surface area contributed by atoms with Gasteiger partial charge in [0, 0.05) is 19.3 Å². The molecule has 0 saturated heterocycles. The number of esters is 3. The van der Waals surface area contributed by atoms with Crippen LogP contribution in [-0.2, 0) is 28.6 Å². The maximum atomic E-state index is 13.0. The van der Waals surface area contributed by atoms with Crippen LogP contribution in [0.5, 0.6) is 0 Å². The van der Waals surface area contributed by atoms with Gasteiger partial charge in [0.25, 0.3) is 0 Å². The van der Waals surface area contributed by atoms with Crippen LogP contribution < -0.4 is 0 Å². The Balaban J connectivity index is 4.25. The van der Waals surface area contributed by atoms with Gasteiger partial charge in [-0.15, -0.1) is 0 Å². The Hall–Kier alpha value is -2.37. The van der Waals surface area contributed by atoms with E-state index in [1.54, 1.807) is 0 Å². The van der Waals surface area contributed by atoms with Gasteiger partial charge in [-0.1, -0.05) is 372 Å². The molecule has 0 bridgehead atoms. The Morgan fingerprint density at radius 2 is 0.439 bits per heavy atom. The van der Waals surface area contributed by atoms with Gasteiger partial charge in [-0.2, -0.15) is 0 Å².